The molecule has 22 heavy (non-hydrogen) atoms. The van der Waals surface area contributed by atoms with Gasteiger partial charge in [-0.3, -0.25) is 0 Å². The highest BCUT2D eigenvalue weighted by atomic mass is 19.2. The molecule has 2 atom stereocenters. The Hall–Kier alpha value is -1.99. The van der Waals surface area contributed by atoms with Gasteiger partial charge in [-0.25, -0.2) is 22.0 Å². The van der Waals surface area contributed by atoms with Gasteiger partial charge < -0.3 is 9.47 Å². The van der Waals surface area contributed by atoms with Crippen LogP contribution in [0.2, 0.25) is 0 Å². The third-order valence-corrected chi connectivity index (χ3v) is 3.32. The topological polar surface area (TPSA) is 18.5 Å². The minimum Gasteiger partial charge on any atom is -0.345 e. The van der Waals surface area contributed by atoms with Gasteiger partial charge in [-0.15, -0.1) is 0 Å². The van der Waals surface area contributed by atoms with Crippen molar-refractivity contribution >= 4 is 0 Å². The molecule has 1 fully saturated rings. The Kier molecular flexibility index (Phi) is 3.84. The second-order valence-corrected chi connectivity index (χ2v) is 4.68. The van der Waals surface area contributed by atoms with Crippen LogP contribution in [0.4, 0.5) is 22.0 Å². The minimum atomic E-state index is -2.20. The maximum absolute atomic E-state index is 13.7. The molecule has 0 bridgehead atoms. The Labute approximate surface area is 122 Å². The molecule has 0 N–H and O–H groups in total. The Morgan fingerprint density at radius 1 is 0.773 bits per heavy atom. The van der Waals surface area contributed by atoms with Crippen molar-refractivity contribution in [2.45, 2.75) is 12.4 Å². The molecule has 0 aromatic heterocycles. The number of rotatable bonds is 2. The number of hydrogen-bond donors (Lipinski definition) is 0. The highest BCUT2D eigenvalue weighted by Crippen LogP contribution is 2.38. The van der Waals surface area contributed by atoms with Crippen LogP contribution < -0.4 is 0 Å². The van der Waals surface area contributed by atoms with Gasteiger partial charge >= 0.3 is 0 Å². The van der Waals surface area contributed by atoms with Crippen molar-refractivity contribution in [2.75, 3.05) is 6.61 Å². The largest absolute Gasteiger partial charge is 0.345 e. The van der Waals surface area contributed by atoms with Gasteiger partial charge in [0.2, 0.25) is 5.82 Å². The second-order valence-electron chi connectivity index (χ2n) is 4.68. The van der Waals surface area contributed by atoms with Crippen molar-refractivity contribution in [2.24, 2.45) is 0 Å². The Balaban J connectivity index is 1.94. The first-order valence-corrected chi connectivity index (χ1v) is 6.34. The predicted octanol–water partition coefficient (Wildman–Crippen LogP) is 4.17. The molecule has 1 aliphatic rings. The summed E-state index contributed by atoms with van der Waals surface area (Å²) >= 11 is 0. The lowest BCUT2D eigenvalue weighted by Gasteiger charge is -2.14. The summed E-state index contributed by atoms with van der Waals surface area (Å²) in [7, 11) is 0. The average Bonchev–Trinajstić information content (AvgIpc) is 3.02. The van der Waals surface area contributed by atoms with Crippen molar-refractivity contribution in [3.8, 4) is 0 Å². The molecular weight excluding hydrogens is 307 g/mol. The molecule has 1 aliphatic heterocycles. The van der Waals surface area contributed by atoms with E-state index in [0.717, 1.165) is 0 Å². The molecule has 7 heteroatoms. The van der Waals surface area contributed by atoms with Crippen LogP contribution in [0.3, 0.4) is 0 Å². The lowest BCUT2D eigenvalue weighted by Crippen LogP contribution is -2.12. The molecule has 2 aromatic carbocycles. The lowest BCUT2D eigenvalue weighted by atomic mass is 10.1. The zero-order chi connectivity index (χ0) is 15.9. The first-order chi connectivity index (χ1) is 10.5. The maximum atomic E-state index is 13.7. The van der Waals surface area contributed by atoms with Crippen LogP contribution in [-0.4, -0.2) is 6.61 Å². The van der Waals surface area contributed by atoms with Crippen LogP contribution in [0.1, 0.15) is 23.5 Å². The quantitative estimate of drug-likeness (QED) is 0.470. The Bertz CT molecular complexity index is 676. The molecule has 2 nitrogen and oxygen atoms in total. The lowest BCUT2D eigenvalue weighted by molar-refractivity contribution is -0.0618. The molecule has 116 valence electrons. The third-order valence-electron chi connectivity index (χ3n) is 3.32. The highest BCUT2D eigenvalue weighted by Gasteiger charge is 2.36. The summed E-state index contributed by atoms with van der Waals surface area (Å²) < 4.78 is 77.4. The van der Waals surface area contributed by atoms with E-state index < -0.39 is 47.0 Å². The van der Waals surface area contributed by atoms with Crippen LogP contribution in [0.25, 0.3) is 0 Å². The van der Waals surface area contributed by atoms with E-state index in [4.69, 9.17) is 9.47 Å². The summed E-state index contributed by atoms with van der Waals surface area (Å²) in [6.45, 7) is -0.322. The van der Waals surface area contributed by atoms with Crippen LogP contribution in [-0.2, 0) is 9.47 Å². The molecule has 0 radical (unpaired) electrons. The first kappa shape index (κ1) is 14.9. The second kappa shape index (κ2) is 5.66. The fraction of sp³-hybridized carbons (Fsp3) is 0.200. The summed E-state index contributed by atoms with van der Waals surface area (Å²) in [5.41, 5.74) is -0.441. The van der Waals surface area contributed by atoms with Gasteiger partial charge in [-0.2, -0.15) is 0 Å². The fourth-order valence-corrected chi connectivity index (χ4v) is 2.24. The Morgan fingerprint density at radius 3 is 1.91 bits per heavy atom. The van der Waals surface area contributed by atoms with Gasteiger partial charge in [-0.1, -0.05) is 30.3 Å². The van der Waals surface area contributed by atoms with Gasteiger partial charge in [-0.05, 0) is 0 Å². The summed E-state index contributed by atoms with van der Waals surface area (Å²) in [5, 5.41) is 0. The van der Waals surface area contributed by atoms with E-state index in [1.54, 1.807) is 30.3 Å². The zero-order valence-corrected chi connectivity index (χ0v) is 11.0. The average molecular weight is 316 g/mol. The predicted molar refractivity (Wildman–Crippen MR) is 65.2 cm³/mol. The molecule has 1 heterocycles. The summed E-state index contributed by atoms with van der Waals surface area (Å²) in [4.78, 5) is 0. The number of hydrogen-bond acceptors (Lipinski definition) is 2. The molecule has 0 amide bonds. The first-order valence-electron chi connectivity index (χ1n) is 6.34. The number of halogens is 5. The zero-order valence-electron chi connectivity index (χ0n) is 11.0. The van der Waals surface area contributed by atoms with Crippen molar-refractivity contribution < 1.29 is 31.4 Å². The SMILES string of the molecule is Fc1c(F)c(F)c([C@H]2COC(c3ccccc3)O2)c(F)c1F. The van der Waals surface area contributed by atoms with E-state index in [1.807, 2.05) is 0 Å². The van der Waals surface area contributed by atoms with E-state index in [9.17, 15) is 22.0 Å². The smallest absolute Gasteiger partial charge is 0.200 e. The van der Waals surface area contributed by atoms with Gasteiger partial charge in [0, 0.05) is 5.56 Å². The van der Waals surface area contributed by atoms with Crippen LogP contribution in [0.15, 0.2) is 30.3 Å². The maximum Gasteiger partial charge on any atom is 0.200 e. The monoisotopic (exact) mass is 316 g/mol. The van der Waals surface area contributed by atoms with Crippen LogP contribution in [0.5, 0.6) is 0 Å². The molecule has 3 rings (SSSR count). The molecule has 0 aliphatic carbocycles. The highest BCUT2D eigenvalue weighted by molar-refractivity contribution is 5.27. The Morgan fingerprint density at radius 2 is 1.32 bits per heavy atom. The van der Waals surface area contributed by atoms with Gasteiger partial charge in [0.15, 0.2) is 29.6 Å². The van der Waals surface area contributed by atoms with Gasteiger partial charge in [0.05, 0.1) is 12.2 Å². The third kappa shape index (κ3) is 2.36. The molecular formula is C15H9F5O2. The van der Waals surface area contributed by atoms with Gasteiger partial charge in [0.1, 0.15) is 6.10 Å². The van der Waals surface area contributed by atoms with Crippen molar-refractivity contribution in [3.05, 3.63) is 70.5 Å². The summed E-state index contributed by atoms with van der Waals surface area (Å²) in [6.07, 6.45) is -2.31. The molecule has 2 aromatic rings. The van der Waals surface area contributed by atoms with Crippen molar-refractivity contribution in [3.63, 3.8) is 0 Å². The minimum absolute atomic E-state index is 0.322. The molecule has 1 unspecified atom stereocenters. The normalized spacial score (nSPS) is 21.3. The number of ether oxygens (including phenoxy) is 2. The van der Waals surface area contributed by atoms with Crippen molar-refractivity contribution in [1.82, 2.24) is 0 Å². The summed E-state index contributed by atoms with van der Waals surface area (Å²) in [5.74, 6) is -10.0. The molecule has 0 spiro atoms. The van der Waals surface area contributed by atoms with E-state index in [-0.39, 0.29) is 6.61 Å². The van der Waals surface area contributed by atoms with Crippen LogP contribution >= 0.6 is 0 Å². The van der Waals surface area contributed by atoms with Crippen LogP contribution in [0, 0.1) is 29.1 Å². The van der Waals surface area contributed by atoms with Gasteiger partial charge in [0.25, 0.3) is 0 Å². The van der Waals surface area contributed by atoms with E-state index in [0.29, 0.717) is 5.56 Å². The van der Waals surface area contributed by atoms with E-state index >= 15 is 0 Å². The summed E-state index contributed by atoms with van der Waals surface area (Å²) in [6, 6.07) is 8.47. The molecule has 0 saturated carbocycles. The fourth-order valence-electron chi connectivity index (χ4n) is 2.24. The standard InChI is InChI=1S/C15H9F5O2/c16-10-9(11(17)13(19)14(20)12(10)18)8-6-21-15(22-8)7-4-2-1-3-5-7/h1-5,8,15H,6H2/t8-,15?/m1/s1. The van der Waals surface area contributed by atoms with E-state index in [1.165, 1.54) is 0 Å². The number of benzene rings is 2. The van der Waals surface area contributed by atoms with E-state index in [2.05, 4.69) is 0 Å². The molecule has 1 saturated heterocycles. The van der Waals surface area contributed by atoms with Crippen molar-refractivity contribution in [1.29, 1.82) is 0 Å².